The van der Waals surface area contributed by atoms with Crippen molar-refractivity contribution in [3.05, 3.63) is 76.0 Å². The van der Waals surface area contributed by atoms with Crippen molar-refractivity contribution in [2.75, 3.05) is 19.1 Å². The summed E-state index contributed by atoms with van der Waals surface area (Å²) in [5, 5.41) is 20.6. The first-order valence-electron chi connectivity index (χ1n) is 11.0. The Morgan fingerprint density at radius 3 is 2.45 bits per heavy atom. The van der Waals surface area contributed by atoms with Crippen LogP contribution < -0.4 is 16.0 Å². The van der Waals surface area contributed by atoms with Crippen molar-refractivity contribution in [2.45, 2.75) is 25.6 Å². The number of likely N-dealkylation sites (N-methyl/N-ethyl adjacent to an activating group) is 1. The SMILES string of the molecule is CNC(=O)Cc1cc(C#N)ccc1[C@@H]1C(C(=O)OC)=C(C)N(c2cccc(C(F)(F)F)c2)C(=N)N1C(N)=O. The van der Waals surface area contributed by atoms with Gasteiger partial charge in [0.1, 0.15) is 6.04 Å². The number of allylic oxidation sites excluding steroid dienone is 1. The van der Waals surface area contributed by atoms with Gasteiger partial charge in [-0.1, -0.05) is 12.1 Å². The molecule has 4 N–H and O–H groups in total. The standard InChI is InChI=1S/C25H23F3N6O4/c1-13-20(22(36)38-3)21(18-8-7-14(12-29)9-15(18)10-19(35)32-2)34(24(31)37)23(30)33(13)17-6-4-5-16(11-17)25(26,27)28/h4-9,11,21,30H,10H2,1-3H3,(H2,31,37)(H,32,35)/t21-/m1/s1. The van der Waals surface area contributed by atoms with Crippen LogP contribution in [0, 0.1) is 16.7 Å². The summed E-state index contributed by atoms with van der Waals surface area (Å²) < 4.78 is 45.2. The first kappa shape index (κ1) is 27.7. The van der Waals surface area contributed by atoms with Gasteiger partial charge in [0.2, 0.25) is 11.9 Å². The smallest absolute Gasteiger partial charge is 0.416 e. The molecule has 13 heteroatoms. The van der Waals surface area contributed by atoms with Crippen molar-refractivity contribution in [1.82, 2.24) is 10.2 Å². The van der Waals surface area contributed by atoms with Gasteiger partial charge in [-0.2, -0.15) is 18.4 Å². The van der Waals surface area contributed by atoms with Crippen molar-refractivity contribution in [3.63, 3.8) is 0 Å². The Labute approximate surface area is 215 Å². The number of hydrogen-bond acceptors (Lipinski definition) is 6. The van der Waals surface area contributed by atoms with Crippen LogP contribution in [-0.4, -0.2) is 42.9 Å². The summed E-state index contributed by atoms with van der Waals surface area (Å²) in [6.45, 7) is 1.38. The highest BCUT2D eigenvalue weighted by molar-refractivity contribution is 6.10. The van der Waals surface area contributed by atoms with Gasteiger partial charge in [-0.05, 0) is 48.4 Å². The molecule has 0 saturated carbocycles. The molecule has 2 aromatic carbocycles. The average molecular weight is 528 g/mol. The minimum Gasteiger partial charge on any atom is -0.466 e. The first-order valence-corrected chi connectivity index (χ1v) is 11.0. The molecule has 198 valence electrons. The Bertz CT molecular complexity index is 1400. The number of benzene rings is 2. The summed E-state index contributed by atoms with van der Waals surface area (Å²) >= 11 is 0. The van der Waals surface area contributed by atoms with E-state index >= 15 is 0 Å². The van der Waals surface area contributed by atoms with Crippen molar-refractivity contribution >= 4 is 29.6 Å². The lowest BCUT2D eigenvalue weighted by Crippen LogP contribution is -2.55. The second-order valence-corrected chi connectivity index (χ2v) is 8.18. The van der Waals surface area contributed by atoms with Crippen LogP contribution in [-0.2, 0) is 26.9 Å². The Morgan fingerprint density at radius 1 is 1.21 bits per heavy atom. The van der Waals surface area contributed by atoms with E-state index in [4.69, 9.17) is 15.9 Å². The lowest BCUT2D eigenvalue weighted by Gasteiger charge is -2.43. The number of guanidine groups is 1. The van der Waals surface area contributed by atoms with Gasteiger partial charge in [0.05, 0.1) is 36.3 Å². The maximum Gasteiger partial charge on any atom is 0.416 e. The lowest BCUT2D eigenvalue weighted by molar-refractivity contribution is -0.138. The number of hydrogen-bond donors (Lipinski definition) is 3. The van der Waals surface area contributed by atoms with E-state index in [9.17, 15) is 32.8 Å². The molecule has 1 heterocycles. The highest BCUT2D eigenvalue weighted by atomic mass is 19.4. The molecule has 1 aliphatic rings. The first-order chi connectivity index (χ1) is 17.8. The number of amides is 3. The highest BCUT2D eigenvalue weighted by Gasteiger charge is 2.44. The van der Waals surface area contributed by atoms with E-state index in [2.05, 4.69) is 5.32 Å². The Hall–Kier alpha value is -4.86. The molecule has 3 rings (SSSR count). The van der Waals surface area contributed by atoms with Crippen LogP contribution in [0.15, 0.2) is 53.7 Å². The molecule has 3 amide bonds. The van der Waals surface area contributed by atoms with Crippen LogP contribution in [0.25, 0.3) is 0 Å². The van der Waals surface area contributed by atoms with Crippen molar-refractivity contribution < 1.29 is 32.3 Å². The van der Waals surface area contributed by atoms with Gasteiger partial charge in [-0.15, -0.1) is 0 Å². The van der Waals surface area contributed by atoms with Crippen LogP contribution in [0.3, 0.4) is 0 Å². The van der Waals surface area contributed by atoms with E-state index in [1.807, 2.05) is 6.07 Å². The molecule has 0 saturated heterocycles. The van der Waals surface area contributed by atoms with Gasteiger partial charge in [0.15, 0.2) is 0 Å². The largest absolute Gasteiger partial charge is 0.466 e. The van der Waals surface area contributed by atoms with E-state index in [1.54, 1.807) is 0 Å². The number of alkyl halides is 3. The molecule has 10 nitrogen and oxygen atoms in total. The topological polar surface area (TPSA) is 153 Å². The molecule has 0 aromatic heterocycles. The molecule has 0 fully saturated rings. The maximum atomic E-state index is 13.4. The van der Waals surface area contributed by atoms with Crippen molar-refractivity contribution in [3.8, 4) is 6.07 Å². The number of nitrogens with zero attached hydrogens (tertiary/aromatic N) is 3. The normalized spacial score (nSPS) is 15.7. The Kier molecular flexibility index (Phi) is 7.76. The Balaban J connectivity index is 2.36. The monoisotopic (exact) mass is 528 g/mol. The molecule has 0 radical (unpaired) electrons. The third-order valence-electron chi connectivity index (χ3n) is 5.97. The zero-order valence-electron chi connectivity index (χ0n) is 20.5. The molecule has 1 atom stereocenters. The summed E-state index contributed by atoms with van der Waals surface area (Å²) in [6, 6.07) is 7.60. The molecule has 0 unspecified atom stereocenters. The van der Waals surface area contributed by atoms with Gasteiger partial charge in [-0.3, -0.25) is 20.0 Å². The Morgan fingerprint density at radius 2 is 1.89 bits per heavy atom. The summed E-state index contributed by atoms with van der Waals surface area (Å²) in [6.07, 6.45) is -4.94. The molecular weight excluding hydrogens is 505 g/mol. The number of nitrogens with two attached hydrogens (primary N) is 1. The van der Waals surface area contributed by atoms with Gasteiger partial charge >= 0.3 is 18.2 Å². The molecule has 0 spiro atoms. The number of methoxy groups -OCH3 is 1. The van der Waals surface area contributed by atoms with E-state index in [-0.39, 0.29) is 40.1 Å². The molecule has 0 bridgehead atoms. The molecule has 2 aromatic rings. The van der Waals surface area contributed by atoms with Gasteiger partial charge in [0, 0.05) is 18.4 Å². The van der Waals surface area contributed by atoms with Crippen molar-refractivity contribution in [2.24, 2.45) is 5.73 Å². The number of anilines is 1. The zero-order valence-corrected chi connectivity index (χ0v) is 20.5. The predicted molar refractivity (Wildman–Crippen MR) is 129 cm³/mol. The van der Waals surface area contributed by atoms with Gasteiger partial charge in [0.25, 0.3) is 0 Å². The number of halogens is 3. The van der Waals surface area contributed by atoms with E-state index in [0.29, 0.717) is 4.90 Å². The second-order valence-electron chi connectivity index (χ2n) is 8.18. The van der Waals surface area contributed by atoms with Crippen LogP contribution >= 0.6 is 0 Å². The minimum absolute atomic E-state index is 0.000993. The van der Waals surface area contributed by atoms with Crippen LogP contribution in [0.5, 0.6) is 0 Å². The number of nitriles is 1. The number of esters is 1. The fourth-order valence-corrected chi connectivity index (χ4v) is 4.23. The number of carbonyl (C=O) groups is 3. The minimum atomic E-state index is -4.69. The fraction of sp³-hybridized carbons (Fsp3) is 0.240. The van der Waals surface area contributed by atoms with E-state index in [0.717, 1.165) is 30.2 Å². The van der Waals surface area contributed by atoms with Crippen LogP contribution in [0.1, 0.15) is 35.2 Å². The highest BCUT2D eigenvalue weighted by Crippen LogP contribution is 2.42. The third kappa shape index (κ3) is 5.15. The van der Waals surface area contributed by atoms with Gasteiger partial charge < -0.3 is 15.8 Å². The molecule has 1 aliphatic heterocycles. The number of nitrogens with one attached hydrogen (secondary N) is 2. The number of rotatable bonds is 5. The zero-order chi connectivity index (χ0) is 28.4. The predicted octanol–water partition coefficient (Wildman–Crippen LogP) is 3.19. The number of ether oxygens (including phenoxy) is 1. The fourth-order valence-electron chi connectivity index (χ4n) is 4.23. The molecule has 38 heavy (non-hydrogen) atoms. The maximum absolute atomic E-state index is 13.4. The van der Waals surface area contributed by atoms with Crippen LogP contribution in [0.2, 0.25) is 0 Å². The summed E-state index contributed by atoms with van der Waals surface area (Å²) in [5.74, 6) is -2.02. The lowest BCUT2D eigenvalue weighted by atomic mass is 9.88. The molecular formula is C25H23F3N6O4. The van der Waals surface area contributed by atoms with Gasteiger partial charge in [-0.25, -0.2) is 9.59 Å². The third-order valence-corrected chi connectivity index (χ3v) is 5.97. The van der Waals surface area contributed by atoms with E-state index < -0.39 is 41.6 Å². The second kappa shape index (κ2) is 10.6. The average Bonchev–Trinajstić information content (AvgIpc) is 2.87. The van der Waals surface area contributed by atoms with Crippen LogP contribution in [0.4, 0.5) is 23.7 Å². The van der Waals surface area contributed by atoms with E-state index in [1.165, 1.54) is 38.2 Å². The summed E-state index contributed by atoms with van der Waals surface area (Å²) in [5.41, 5.74) is 4.91. The summed E-state index contributed by atoms with van der Waals surface area (Å²) in [4.78, 5) is 39.7. The molecule has 0 aliphatic carbocycles. The number of carbonyl (C=O) groups excluding carboxylic acids is 3. The quantitative estimate of drug-likeness (QED) is 0.507. The van der Waals surface area contributed by atoms with Crippen molar-refractivity contribution in [1.29, 1.82) is 10.7 Å². The number of primary amides is 1. The number of urea groups is 1. The summed E-state index contributed by atoms with van der Waals surface area (Å²) in [7, 11) is 2.48.